The number of hydrogen-bond acceptors (Lipinski definition) is 3. The zero-order valence-corrected chi connectivity index (χ0v) is 12.2. The van der Waals surface area contributed by atoms with Crippen LogP contribution in [0.3, 0.4) is 0 Å². The van der Waals surface area contributed by atoms with Crippen LogP contribution >= 0.6 is 0 Å². The molecule has 20 heavy (non-hydrogen) atoms. The summed E-state index contributed by atoms with van der Waals surface area (Å²) in [7, 11) is 1.89. The van der Waals surface area contributed by atoms with Gasteiger partial charge in [0.15, 0.2) is 0 Å². The van der Waals surface area contributed by atoms with Crippen molar-refractivity contribution in [2.75, 3.05) is 19.6 Å². The number of amides is 1. The maximum atomic E-state index is 11.9. The fourth-order valence-electron chi connectivity index (χ4n) is 2.60. The van der Waals surface area contributed by atoms with E-state index >= 15 is 0 Å². The van der Waals surface area contributed by atoms with Crippen molar-refractivity contribution in [1.82, 2.24) is 20.0 Å². The molecular formula is C15H24N4O. The third-order valence-corrected chi connectivity index (χ3v) is 3.74. The van der Waals surface area contributed by atoms with Crippen LogP contribution in [0.5, 0.6) is 0 Å². The zero-order chi connectivity index (χ0) is 14.4. The van der Waals surface area contributed by atoms with E-state index in [1.54, 1.807) is 4.68 Å². The Labute approximate surface area is 120 Å². The van der Waals surface area contributed by atoms with Crippen molar-refractivity contribution in [2.24, 2.45) is 7.05 Å². The normalized spacial score (nSPS) is 17.1. The quantitative estimate of drug-likeness (QED) is 0.792. The van der Waals surface area contributed by atoms with Gasteiger partial charge in [-0.15, -0.1) is 6.58 Å². The molecule has 5 heteroatoms. The fourth-order valence-corrected chi connectivity index (χ4v) is 2.60. The SMILES string of the molecule is C=CCN1CCC(NC(=O)CCc2cnn(C)c2)CC1. The molecule has 0 atom stereocenters. The highest BCUT2D eigenvalue weighted by Crippen LogP contribution is 2.10. The van der Waals surface area contributed by atoms with Gasteiger partial charge in [0.05, 0.1) is 6.20 Å². The van der Waals surface area contributed by atoms with Crippen molar-refractivity contribution >= 4 is 5.91 Å². The Bertz CT molecular complexity index is 446. The summed E-state index contributed by atoms with van der Waals surface area (Å²) in [5.74, 6) is 0.149. The molecule has 2 heterocycles. The molecular weight excluding hydrogens is 252 g/mol. The van der Waals surface area contributed by atoms with Crippen molar-refractivity contribution in [3.63, 3.8) is 0 Å². The van der Waals surface area contributed by atoms with E-state index in [1.807, 2.05) is 25.5 Å². The summed E-state index contributed by atoms with van der Waals surface area (Å²) in [4.78, 5) is 14.3. The molecule has 1 amide bonds. The molecule has 5 nitrogen and oxygen atoms in total. The average molecular weight is 276 g/mol. The second kappa shape index (κ2) is 7.24. The minimum atomic E-state index is 0.149. The predicted octanol–water partition coefficient (Wildman–Crippen LogP) is 1.12. The summed E-state index contributed by atoms with van der Waals surface area (Å²) >= 11 is 0. The lowest BCUT2D eigenvalue weighted by molar-refractivity contribution is -0.122. The van der Waals surface area contributed by atoms with Gasteiger partial charge < -0.3 is 5.32 Å². The third kappa shape index (κ3) is 4.49. The number of aromatic nitrogens is 2. The van der Waals surface area contributed by atoms with E-state index in [2.05, 4.69) is 21.9 Å². The summed E-state index contributed by atoms with van der Waals surface area (Å²) < 4.78 is 1.77. The molecule has 1 aromatic heterocycles. The molecule has 1 fully saturated rings. The van der Waals surface area contributed by atoms with E-state index in [0.29, 0.717) is 12.5 Å². The van der Waals surface area contributed by atoms with Gasteiger partial charge >= 0.3 is 0 Å². The molecule has 1 aromatic rings. The molecule has 0 bridgehead atoms. The van der Waals surface area contributed by atoms with Gasteiger partial charge in [-0.05, 0) is 24.8 Å². The van der Waals surface area contributed by atoms with E-state index in [4.69, 9.17) is 0 Å². The number of likely N-dealkylation sites (tertiary alicyclic amines) is 1. The van der Waals surface area contributed by atoms with Gasteiger partial charge in [0, 0.05) is 45.3 Å². The fraction of sp³-hybridized carbons (Fsp3) is 0.600. The Morgan fingerprint density at radius 1 is 1.55 bits per heavy atom. The topological polar surface area (TPSA) is 50.2 Å². The van der Waals surface area contributed by atoms with Crippen molar-refractivity contribution in [3.05, 3.63) is 30.6 Å². The smallest absolute Gasteiger partial charge is 0.220 e. The molecule has 1 saturated heterocycles. The molecule has 1 N–H and O–H groups in total. The number of aryl methyl sites for hydroxylation is 2. The van der Waals surface area contributed by atoms with Crippen molar-refractivity contribution in [3.8, 4) is 0 Å². The molecule has 2 rings (SSSR count). The van der Waals surface area contributed by atoms with E-state index in [0.717, 1.165) is 44.5 Å². The second-order valence-electron chi connectivity index (χ2n) is 5.45. The van der Waals surface area contributed by atoms with E-state index in [9.17, 15) is 4.79 Å². The number of hydrogen-bond donors (Lipinski definition) is 1. The molecule has 0 spiro atoms. The number of piperidine rings is 1. The Morgan fingerprint density at radius 2 is 2.30 bits per heavy atom. The Kier molecular flexibility index (Phi) is 5.35. The van der Waals surface area contributed by atoms with Crippen molar-refractivity contribution in [1.29, 1.82) is 0 Å². The van der Waals surface area contributed by atoms with Crippen LogP contribution in [0.25, 0.3) is 0 Å². The maximum absolute atomic E-state index is 11.9. The first-order valence-electron chi connectivity index (χ1n) is 7.27. The van der Waals surface area contributed by atoms with Crippen LogP contribution < -0.4 is 5.32 Å². The minimum Gasteiger partial charge on any atom is -0.353 e. The number of carbonyl (C=O) groups is 1. The average Bonchev–Trinajstić information content (AvgIpc) is 2.85. The van der Waals surface area contributed by atoms with Crippen LogP contribution in [0.4, 0.5) is 0 Å². The highest BCUT2D eigenvalue weighted by Gasteiger charge is 2.19. The van der Waals surface area contributed by atoms with Gasteiger partial charge in [0.2, 0.25) is 5.91 Å². The Morgan fingerprint density at radius 3 is 2.90 bits per heavy atom. The van der Waals surface area contributed by atoms with Crippen LogP contribution in [0.15, 0.2) is 25.0 Å². The summed E-state index contributed by atoms with van der Waals surface area (Å²) in [6.07, 6.45) is 9.08. The van der Waals surface area contributed by atoms with E-state index in [1.165, 1.54) is 0 Å². The highest BCUT2D eigenvalue weighted by atomic mass is 16.1. The molecule has 0 saturated carbocycles. The summed E-state index contributed by atoms with van der Waals surface area (Å²) in [6.45, 7) is 6.79. The van der Waals surface area contributed by atoms with Crippen LogP contribution in [-0.2, 0) is 18.3 Å². The maximum Gasteiger partial charge on any atom is 0.220 e. The lowest BCUT2D eigenvalue weighted by Crippen LogP contribution is -2.44. The van der Waals surface area contributed by atoms with Crippen LogP contribution in [0.1, 0.15) is 24.8 Å². The predicted molar refractivity (Wildman–Crippen MR) is 79.3 cm³/mol. The van der Waals surface area contributed by atoms with Crippen molar-refractivity contribution in [2.45, 2.75) is 31.7 Å². The number of nitrogens with zero attached hydrogens (tertiary/aromatic N) is 3. The van der Waals surface area contributed by atoms with Gasteiger partial charge in [0.25, 0.3) is 0 Å². The third-order valence-electron chi connectivity index (χ3n) is 3.74. The summed E-state index contributed by atoms with van der Waals surface area (Å²) in [6, 6.07) is 0.331. The first kappa shape index (κ1) is 14.8. The van der Waals surface area contributed by atoms with Crippen LogP contribution in [0, 0.1) is 0 Å². The molecule has 1 aliphatic rings. The largest absolute Gasteiger partial charge is 0.353 e. The molecule has 110 valence electrons. The molecule has 1 aliphatic heterocycles. The van der Waals surface area contributed by atoms with E-state index in [-0.39, 0.29) is 5.91 Å². The number of rotatable bonds is 6. The van der Waals surface area contributed by atoms with Gasteiger partial charge in [-0.3, -0.25) is 14.4 Å². The lowest BCUT2D eigenvalue weighted by atomic mass is 10.0. The lowest BCUT2D eigenvalue weighted by Gasteiger charge is -2.31. The Hall–Kier alpha value is -1.62. The van der Waals surface area contributed by atoms with Crippen LogP contribution in [0.2, 0.25) is 0 Å². The molecule has 0 aliphatic carbocycles. The second-order valence-corrected chi connectivity index (χ2v) is 5.45. The highest BCUT2D eigenvalue weighted by molar-refractivity contribution is 5.76. The van der Waals surface area contributed by atoms with Gasteiger partial charge in [-0.1, -0.05) is 6.08 Å². The number of nitrogens with one attached hydrogen (secondary N) is 1. The van der Waals surface area contributed by atoms with Gasteiger partial charge in [-0.2, -0.15) is 5.10 Å². The standard InChI is InChI=1S/C15H24N4O/c1-3-8-19-9-6-14(7-10-19)17-15(20)5-4-13-11-16-18(2)12-13/h3,11-12,14H,1,4-10H2,2H3,(H,17,20). The van der Waals surface area contributed by atoms with Crippen molar-refractivity contribution < 1.29 is 4.79 Å². The Balaban J connectivity index is 1.66. The first-order chi connectivity index (χ1) is 9.67. The summed E-state index contributed by atoms with van der Waals surface area (Å²) in [5.41, 5.74) is 1.11. The van der Waals surface area contributed by atoms with Crippen LogP contribution in [-0.4, -0.2) is 46.3 Å². The molecule has 0 radical (unpaired) electrons. The monoisotopic (exact) mass is 276 g/mol. The summed E-state index contributed by atoms with van der Waals surface area (Å²) in [5, 5.41) is 7.25. The van der Waals surface area contributed by atoms with Gasteiger partial charge in [0.1, 0.15) is 0 Å². The van der Waals surface area contributed by atoms with Gasteiger partial charge in [-0.25, -0.2) is 0 Å². The zero-order valence-electron chi connectivity index (χ0n) is 12.2. The molecule has 0 unspecified atom stereocenters. The first-order valence-corrected chi connectivity index (χ1v) is 7.27. The number of carbonyl (C=O) groups excluding carboxylic acids is 1. The minimum absolute atomic E-state index is 0.149. The van der Waals surface area contributed by atoms with E-state index < -0.39 is 0 Å². The molecule has 0 aromatic carbocycles.